The number of rotatable bonds is 5. The molecule has 1 aliphatic rings. The van der Waals surface area contributed by atoms with Crippen LogP contribution in [0.5, 0.6) is 11.5 Å². The summed E-state index contributed by atoms with van der Waals surface area (Å²) in [6, 6.07) is 10.3. The molecule has 7 heteroatoms. The lowest BCUT2D eigenvalue weighted by Gasteiger charge is -2.13. The lowest BCUT2D eigenvalue weighted by Crippen LogP contribution is -2.13. The van der Waals surface area contributed by atoms with Gasteiger partial charge in [0, 0.05) is 18.4 Å². The van der Waals surface area contributed by atoms with Gasteiger partial charge in [0.05, 0.1) is 41.8 Å². The molecule has 0 amide bonds. The zero-order chi connectivity index (χ0) is 21.4. The first kappa shape index (κ1) is 20.3. The lowest BCUT2D eigenvalue weighted by molar-refractivity contribution is 0.0936. The number of benzene rings is 2. The molecule has 0 saturated heterocycles. The van der Waals surface area contributed by atoms with Gasteiger partial charge in [-0.25, -0.2) is 8.78 Å². The number of pyridine rings is 1. The number of ether oxygens (including phenoxy) is 2. The summed E-state index contributed by atoms with van der Waals surface area (Å²) in [5.74, 6) is -0.733. The molecule has 1 atom stereocenters. The molecule has 0 fully saturated rings. The van der Waals surface area contributed by atoms with Gasteiger partial charge in [0.1, 0.15) is 23.1 Å². The van der Waals surface area contributed by atoms with Gasteiger partial charge in [0.25, 0.3) is 0 Å². The third-order valence-electron chi connectivity index (χ3n) is 5.28. The second-order valence-corrected chi connectivity index (χ2v) is 7.46. The largest absolute Gasteiger partial charge is 0.497 e. The number of carbonyl (C=O) groups excluding carboxylic acids is 1. The van der Waals surface area contributed by atoms with E-state index in [1.807, 2.05) is 6.07 Å². The number of carbonyl (C=O) groups is 1. The summed E-state index contributed by atoms with van der Waals surface area (Å²) in [7, 11) is 3.12. The van der Waals surface area contributed by atoms with Crippen molar-refractivity contribution >= 4 is 17.4 Å². The Hall–Kier alpha value is -2.99. The number of aromatic nitrogens is 1. The van der Waals surface area contributed by atoms with Crippen LogP contribution < -0.4 is 9.47 Å². The molecule has 0 spiro atoms. The van der Waals surface area contributed by atoms with Crippen LogP contribution in [-0.4, -0.2) is 25.0 Å². The minimum absolute atomic E-state index is 0.0739. The molecule has 0 aliphatic heterocycles. The zero-order valence-electron chi connectivity index (χ0n) is 16.3. The van der Waals surface area contributed by atoms with E-state index in [1.165, 1.54) is 12.1 Å². The molecule has 4 rings (SSSR count). The molecule has 154 valence electrons. The van der Waals surface area contributed by atoms with Crippen LogP contribution in [0.3, 0.4) is 0 Å². The van der Waals surface area contributed by atoms with Gasteiger partial charge in [-0.1, -0.05) is 23.7 Å². The van der Waals surface area contributed by atoms with Crippen molar-refractivity contribution in [2.45, 2.75) is 12.8 Å². The van der Waals surface area contributed by atoms with Crippen LogP contribution in [-0.2, 0) is 12.8 Å². The molecule has 30 heavy (non-hydrogen) atoms. The molecule has 1 unspecified atom stereocenters. The zero-order valence-corrected chi connectivity index (χ0v) is 17.1. The summed E-state index contributed by atoms with van der Waals surface area (Å²) in [6.45, 7) is 0. The molecule has 1 aliphatic carbocycles. The summed E-state index contributed by atoms with van der Waals surface area (Å²) in [5, 5.41) is 0.145. The minimum Gasteiger partial charge on any atom is -0.497 e. The Kier molecular flexibility index (Phi) is 5.43. The Morgan fingerprint density at radius 3 is 2.47 bits per heavy atom. The van der Waals surface area contributed by atoms with Gasteiger partial charge in [0.2, 0.25) is 0 Å². The van der Waals surface area contributed by atoms with E-state index in [-0.39, 0.29) is 22.1 Å². The van der Waals surface area contributed by atoms with E-state index >= 15 is 0 Å². The van der Waals surface area contributed by atoms with E-state index in [0.29, 0.717) is 35.6 Å². The van der Waals surface area contributed by atoms with Gasteiger partial charge in [0.15, 0.2) is 5.78 Å². The number of hydrogen-bond acceptors (Lipinski definition) is 4. The second kappa shape index (κ2) is 8.03. The molecule has 2 aromatic carbocycles. The molecule has 1 aromatic heterocycles. The van der Waals surface area contributed by atoms with Crippen LogP contribution in [0.2, 0.25) is 5.02 Å². The molecule has 0 bridgehead atoms. The predicted octanol–water partition coefficient (Wildman–Crippen LogP) is 5.30. The molecule has 3 aromatic rings. The van der Waals surface area contributed by atoms with Gasteiger partial charge < -0.3 is 9.47 Å². The topological polar surface area (TPSA) is 48.4 Å². The minimum atomic E-state index is -0.734. The van der Waals surface area contributed by atoms with Crippen molar-refractivity contribution < 1.29 is 23.0 Å². The highest BCUT2D eigenvalue weighted by molar-refractivity contribution is 6.34. The van der Waals surface area contributed by atoms with E-state index in [1.54, 1.807) is 26.4 Å². The van der Waals surface area contributed by atoms with E-state index in [9.17, 15) is 13.6 Å². The smallest absolute Gasteiger partial charge is 0.170 e. The standard InChI is InChI=1S/C23H18ClF2NO3/c1-29-14-7-6-12(20(10-14)30-2)8-13-9-18-21(23(13)28)15(24)11-19(27-18)22-16(25)4-3-5-17(22)26/h3-7,10-11,13H,8-9H2,1-2H3. The maximum absolute atomic E-state index is 14.2. The lowest BCUT2D eigenvalue weighted by atomic mass is 9.95. The Labute approximate surface area is 177 Å². The van der Waals surface area contributed by atoms with Crippen LogP contribution in [0.25, 0.3) is 11.3 Å². The summed E-state index contributed by atoms with van der Waals surface area (Å²) in [5.41, 5.74) is 1.43. The first-order valence-corrected chi connectivity index (χ1v) is 9.69. The SMILES string of the molecule is COc1ccc(CC2Cc3nc(-c4c(F)cccc4F)cc(Cl)c3C2=O)c(OC)c1. The number of fused-ring (bicyclic) bond motifs is 1. The quantitative estimate of drug-likeness (QED) is 0.552. The third-order valence-corrected chi connectivity index (χ3v) is 5.58. The van der Waals surface area contributed by atoms with Gasteiger partial charge >= 0.3 is 0 Å². The highest BCUT2D eigenvalue weighted by atomic mass is 35.5. The molecular weight excluding hydrogens is 412 g/mol. The van der Waals surface area contributed by atoms with Crippen LogP contribution in [0.1, 0.15) is 21.6 Å². The van der Waals surface area contributed by atoms with Crippen molar-refractivity contribution in [2.24, 2.45) is 5.92 Å². The molecular formula is C23H18ClF2NO3. The predicted molar refractivity (Wildman–Crippen MR) is 109 cm³/mol. The first-order valence-electron chi connectivity index (χ1n) is 9.31. The second-order valence-electron chi connectivity index (χ2n) is 7.05. The van der Waals surface area contributed by atoms with Crippen LogP contribution >= 0.6 is 11.6 Å². The number of nitrogens with zero attached hydrogens (tertiary/aromatic N) is 1. The van der Waals surface area contributed by atoms with Crippen molar-refractivity contribution in [1.82, 2.24) is 4.98 Å². The van der Waals surface area contributed by atoms with Crippen LogP contribution in [0.15, 0.2) is 42.5 Å². The fourth-order valence-electron chi connectivity index (χ4n) is 3.82. The normalized spacial score (nSPS) is 15.2. The van der Waals surface area contributed by atoms with E-state index in [0.717, 1.165) is 17.7 Å². The van der Waals surface area contributed by atoms with Crippen LogP contribution in [0.4, 0.5) is 8.78 Å². The summed E-state index contributed by atoms with van der Waals surface area (Å²) >= 11 is 6.34. The molecule has 0 radical (unpaired) electrons. The number of Topliss-reactive ketones (excluding diaryl/α,β-unsaturated/α-hetero) is 1. The Bertz CT molecular complexity index is 1130. The number of halogens is 3. The third kappa shape index (κ3) is 3.52. The van der Waals surface area contributed by atoms with Crippen molar-refractivity contribution in [1.29, 1.82) is 0 Å². The average molecular weight is 430 g/mol. The number of hydrogen-bond donors (Lipinski definition) is 0. The van der Waals surface area contributed by atoms with Crippen molar-refractivity contribution in [3.05, 3.63) is 75.9 Å². The monoisotopic (exact) mass is 429 g/mol. The maximum atomic E-state index is 14.2. The highest BCUT2D eigenvalue weighted by Crippen LogP contribution is 2.38. The van der Waals surface area contributed by atoms with Crippen molar-refractivity contribution in [2.75, 3.05) is 14.2 Å². The number of methoxy groups -OCH3 is 2. The maximum Gasteiger partial charge on any atom is 0.170 e. The van der Waals surface area contributed by atoms with Crippen molar-refractivity contribution in [3.8, 4) is 22.8 Å². The Morgan fingerprint density at radius 1 is 1.07 bits per heavy atom. The Morgan fingerprint density at radius 2 is 1.80 bits per heavy atom. The van der Waals surface area contributed by atoms with E-state index in [4.69, 9.17) is 21.1 Å². The number of ketones is 1. The van der Waals surface area contributed by atoms with Gasteiger partial charge in [-0.2, -0.15) is 0 Å². The highest BCUT2D eigenvalue weighted by Gasteiger charge is 2.35. The molecule has 1 heterocycles. The molecule has 0 N–H and O–H groups in total. The summed E-state index contributed by atoms with van der Waals surface area (Å²) < 4.78 is 39.0. The Balaban J connectivity index is 1.68. The van der Waals surface area contributed by atoms with E-state index in [2.05, 4.69) is 4.98 Å². The first-order chi connectivity index (χ1) is 14.4. The van der Waals surface area contributed by atoms with Gasteiger partial charge in [-0.15, -0.1) is 0 Å². The molecule has 4 nitrogen and oxygen atoms in total. The van der Waals surface area contributed by atoms with Gasteiger partial charge in [-0.3, -0.25) is 9.78 Å². The fraction of sp³-hybridized carbons (Fsp3) is 0.217. The van der Waals surface area contributed by atoms with E-state index < -0.39 is 17.6 Å². The average Bonchev–Trinajstić information content (AvgIpc) is 3.04. The molecule has 0 saturated carbocycles. The summed E-state index contributed by atoms with van der Waals surface area (Å²) in [6.07, 6.45) is 0.745. The van der Waals surface area contributed by atoms with Gasteiger partial charge in [-0.05, 0) is 36.2 Å². The fourth-order valence-corrected chi connectivity index (χ4v) is 4.13. The van der Waals surface area contributed by atoms with Crippen molar-refractivity contribution in [3.63, 3.8) is 0 Å². The van der Waals surface area contributed by atoms with Crippen LogP contribution in [0, 0.1) is 17.6 Å². The summed E-state index contributed by atoms with van der Waals surface area (Å²) in [4.78, 5) is 17.4.